The number of rotatable bonds is 7. The largest absolute Gasteiger partial charge is 0.489 e. The Bertz CT molecular complexity index is 728. The Morgan fingerprint density at radius 1 is 1.25 bits per heavy atom. The number of halogens is 1. The van der Waals surface area contributed by atoms with Gasteiger partial charge < -0.3 is 19.5 Å². The number of aromatic nitrogens is 1. The van der Waals surface area contributed by atoms with Crippen LogP contribution in [0.4, 0.5) is 4.39 Å². The van der Waals surface area contributed by atoms with E-state index in [-0.39, 0.29) is 11.9 Å². The van der Waals surface area contributed by atoms with E-state index in [9.17, 15) is 4.39 Å². The zero-order chi connectivity index (χ0) is 19.8. The van der Waals surface area contributed by atoms with Gasteiger partial charge in [0.25, 0.3) is 0 Å². The smallest absolute Gasteiger partial charge is 0.194 e. The van der Waals surface area contributed by atoms with Crippen molar-refractivity contribution in [2.45, 2.75) is 26.5 Å². The third-order valence-corrected chi connectivity index (χ3v) is 4.53. The van der Waals surface area contributed by atoms with Gasteiger partial charge in [-0.05, 0) is 38.1 Å². The molecule has 1 aromatic carbocycles. The van der Waals surface area contributed by atoms with Crippen LogP contribution in [-0.4, -0.2) is 66.3 Å². The fourth-order valence-corrected chi connectivity index (χ4v) is 3.09. The first kappa shape index (κ1) is 20.1. The zero-order valence-electron chi connectivity index (χ0n) is 16.5. The summed E-state index contributed by atoms with van der Waals surface area (Å²) >= 11 is 0. The molecule has 8 heteroatoms. The minimum absolute atomic E-state index is 0.104. The van der Waals surface area contributed by atoms with Gasteiger partial charge in [0.05, 0.1) is 12.2 Å². The summed E-state index contributed by atoms with van der Waals surface area (Å²) in [6, 6.07) is 7.96. The van der Waals surface area contributed by atoms with E-state index in [1.54, 1.807) is 18.4 Å². The van der Waals surface area contributed by atoms with Crippen LogP contribution in [0.2, 0.25) is 0 Å². The molecule has 1 atom stereocenters. The number of piperazine rings is 1. The van der Waals surface area contributed by atoms with Gasteiger partial charge in [0.2, 0.25) is 0 Å². The van der Waals surface area contributed by atoms with E-state index >= 15 is 0 Å². The van der Waals surface area contributed by atoms with E-state index in [1.807, 2.05) is 13.0 Å². The summed E-state index contributed by atoms with van der Waals surface area (Å²) in [6.07, 6.45) is 1.50. The monoisotopic (exact) mass is 389 g/mol. The van der Waals surface area contributed by atoms with Crippen molar-refractivity contribution in [3.63, 3.8) is 0 Å². The lowest BCUT2D eigenvalue weighted by Gasteiger charge is -2.36. The first-order valence-electron chi connectivity index (χ1n) is 9.71. The standard InChI is InChI=1S/C20H28FN5O2/c1-3-22-20(23-14-16(2)28-19-6-4-17(21)5-7-19)26-11-9-25(10-12-26)15-18-8-13-27-24-18/h4-8,13,16H,3,9-12,14-15H2,1-2H3,(H,22,23). The molecular weight excluding hydrogens is 361 g/mol. The summed E-state index contributed by atoms with van der Waals surface area (Å²) in [4.78, 5) is 9.37. The maximum atomic E-state index is 13.0. The summed E-state index contributed by atoms with van der Waals surface area (Å²) < 4.78 is 23.7. The second-order valence-corrected chi connectivity index (χ2v) is 6.83. The lowest BCUT2D eigenvalue weighted by Crippen LogP contribution is -2.52. The molecule has 1 fully saturated rings. The molecule has 0 radical (unpaired) electrons. The number of ether oxygens (including phenoxy) is 1. The van der Waals surface area contributed by atoms with Crippen LogP contribution in [0.3, 0.4) is 0 Å². The molecule has 1 saturated heterocycles. The Labute approximate surface area is 165 Å². The molecule has 1 N–H and O–H groups in total. The van der Waals surface area contributed by atoms with E-state index in [0.717, 1.165) is 50.9 Å². The summed E-state index contributed by atoms with van der Waals surface area (Å²) in [7, 11) is 0. The van der Waals surface area contributed by atoms with Gasteiger partial charge in [-0.2, -0.15) is 0 Å². The van der Waals surface area contributed by atoms with E-state index in [2.05, 4.69) is 27.2 Å². The predicted octanol–water partition coefficient (Wildman–Crippen LogP) is 2.36. The molecule has 2 heterocycles. The summed E-state index contributed by atoms with van der Waals surface area (Å²) in [6.45, 7) is 9.86. The minimum atomic E-state index is -0.268. The molecule has 0 saturated carbocycles. The molecule has 0 spiro atoms. The molecule has 0 aliphatic carbocycles. The summed E-state index contributed by atoms with van der Waals surface area (Å²) in [5.74, 6) is 1.28. The number of guanidine groups is 1. The third-order valence-electron chi connectivity index (χ3n) is 4.53. The predicted molar refractivity (Wildman–Crippen MR) is 106 cm³/mol. The molecule has 0 amide bonds. The third kappa shape index (κ3) is 5.95. The van der Waals surface area contributed by atoms with Gasteiger partial charge in [-0.25, -0.2) is 9.38 Å². The fraction of sp³-hybridized carbons (Fsp3) is 0.500. The van der Waals surface area contributed by atoms with Crippen molar-refractivity contribution in [1.29, 1.82) is 0 Å². The Morgan fingerprint density at radius 2 is 2.00 bits per heavy atom. The second kappa shape index (κ2) is 10.1. The minimum Gasteiger partial charge on any atom is -0.489 e. The molecule has 0 bridgehead atoms. The quantitative estimate of drug-likeness (QED) is 0.579. The number of nitrogens with one attached hydrogen (secondary N) is 1. The van der Waals surface area contributed by atoms with Gasteiger partial charge >= 0.3 is 0 Å². The average molecular weight is 389 g/mol. The first-order valence-corrected chi connectivity index (χ1v) is 9.71. The Balaban J connectivity index is 1.50. The lowest BCUT2D eigenvalue weighted by molar-refractivity contribution is 0.168. The number of benzene rings is 1. The van der Waals surface area contributed by atoms with Crippen LogP contribution in [0.5, 0.6) is 5.75 Å². The lowest BCUT2D eigenvalue weighted by atomic mass is 10.3. The maximum absolute atomic E-state index is 13.0. The molecule has 7 nitrogen and oxygen atoms in total. The van der Waals surface area contributed by atoms with Crippen LogP contribution >= 0.6 is 0 Å². The highest BCUT2D eigenvalue weighted by Crippen LogP contribution is 2.13. The highest BCUT2D eigenvalue weighted by Gasteiger charge is 2.20. The molecule has 28 heavy (non-hydrogen) atoms. The molecule has 1 aromatic heterocycles. The number of hydrogen-bond donors (Lipinski definition) is 1. The topological polar surface area (TPSA) is 66.1 Å². The van der Waals surface area contributed by atoms with Crippen LogP contribution < -0.4 is 10.1 Å². The van der Waals surface area contributed by atoms with Crippen molar-refractivity contribution in [2.24, 2.45) is 4.99 Å². The van der Waals surface area contributed by atoms with Crippen LogP contribution in [0, 0.1) is 5.82 Å². The maximum Gasteiger partial charge on any atom is 0.194 e. The SMILES string of the molecule is CCNC(=NCC(C)Oc1ccc(F)cc1)N1CCN(Cc2ccon2)CC1. The molecule has 1 aliphatic rings. The van der Waals surface area contributed by atoms with E-state index in [4.69, 9.17) is 14.3 Å². The first-order chi connectivity index (χ1) is 13.6. The van der Waals surface area contributed by atoms with Gasteiger partial charge in [-0.1, -0.05) is 5.16 Å². The van der Waals surface area contributed by atoms with Crippen molar-refractivity contribution in [3.05, 3.63) is 48.1 Å². The van der Waals surface area contributed by atoms with Crippen molar-refractivity contribution in [2.75, 3.05) is 39.3 Å². The van der Waals surface area contributed by atoms with Crippen molar-refractivity contribution < 1.29 is 13.7 Å². The number of nitrogens with zero attached hydrogens (tertiary/aromatic N) is 4. The fourth-order valence-electron chi connectivity index (χ4n) is 3.09. The molecular formula is C20H28FN5O2. The van der Waals surface area contributed by atoms with Gasteiger partial charge in [-0.15, -0.1) is 0 Å². The molecule has 152 valence electrons. The zero-order valence-corrected chi connectivity index (χ0v) is 16.5. The highest BCUT2D eigenvalue weighted by atomic mass is 19.1. The normalized spacial score (nSPS) is 16.8. The second-order valence-electron chi connectivity index (χ2n) is 6.83. The van der Waals surface area contributed by atoms with Gasteiger partial charge in [-0.3, -0.25) is 4.90 Å². The summed E-state index contributed by atoms with van der Waals surface area (Å²) in [5, 5.41) is 7.35. The Kier molecular flexibility index (Phi) is 7.25. The van der Waals surface area contributed by atoms with E-state index < -0.39 is 0 Å². The van der Waals surface area contributed by atoms with Crippen LogP contribution in [-0.2, 0) is 6.54 Å². The van der Waals surface area contributed by atoms with Crippen LogP contribution in [0.15, 0.2) is 46.1 Å². The molecule has 3 rings (SSSR count). The number of hydrogen-bond acceptors (Lipinski definition) is 5. The van der Waals surface area contributed by atoms with Gasteiger partial charge in [0.15, 0.2) is 5.96 Å². The Hall–Kier alpha value is -2.61. The average Bonchev–Trinajstić information content (AvgIpc) is 3.21. The Morgan fingerprint density at radius 3 is 2.64 bits per heavy atom. The molecule has 1 aliphatic heterocycles. The molecule has 1 unspecified atom stereocenters. The van der Waals surface area contributed by atoms with Crippen molar-refractivity contribution in [1.82, 2.24) is 20.3 Å². The van der Waals surface area contributed by atoms with E-state index in [0.29, 0.717) is 12.3 Å². The van der Waals surface area contributed by atoms with Gasteiger partial charge in [0.1, 0.15) is 23.9 Å². The van der Waals surface area contributed by atoms with Crippen molar-refractivity contribution >= 4 is 5.96 Å². The van der Waals surface area contributed by atoms with Crippen LogP contribution in [0.1, 0.15) is 19.5 Å². The van der Waals surface area contributed by atoms with E-state index in [1.165, 1.54) is 12.1 Å². The summed E-state index contributed by atoms with van der Waals surface area (Å²) in [5.41, 5.74) is 0.959. The van der Waals surface area contributed by atoms with Gasteiger partial charge in [0, 0.05) is 45.3 Å². The molecule has 2 aromatic rings. The highest BCUT2D eigenvalue weighted by molar-refractivity contribution is 5.80. The number of aliphatic imine (C=N–C) groups is 1. The van der Waals surface area contributed by atoms with Crippen molar-refractivity contribution in [3.8, 4) is 5.75 Å². The van der Waals surface area contributed by atoms with Crippen LogP contribution in [0.25, 0.3) is 0 Å².